The molecule has 0 unspecified atom stereocenters. The highest BCUT2D eigenvalue weighted by Crippen LogP contribution is 2.48. The molecule has 6 rings (SSSR count). The SMILES string of the molecule is c1ccc2c(c1)sc1c(SSc3cccc4c3sc3ccccc34)cccc12. The molecule has 0 spiro atoms. The quantitative estimate of drug-likeness (QED) is 0.257. The van der Waals surface area contributed by atoms with Gasteiger partial charge in [0.15, 0.2) is 0 Å². The number of hydrogen-bond donors (Lipinski definition) is 0. The van der Waals surface area contributed by atoms with E-state index in [4.69, 9.17) is 0 Å². The minimum Gasteiger partial charge on any atom is -0.134 e. The molecule has 4 heteroatoms. The summed E-state index contributed by atoms with van der Waals surface area (Å²) in [7, 11) is 3.75. The number of fused-ring (bicyclic) bond motifs is 6. The number of rotatable bonds is 3. The third kappa shape index (κ3) is 2.67. The molecule has 0 atom stereocenters. The van der Waals surface area contributed by atoms with Crippen LogP contribution >= 0.6 is 44.3 Å². The van der Waals surface area contributed by atoms with Crippen LogP contribution in [0.3, 0.4) is 0 Å². The second-order valence-electron chi connectivity index (χ2n) is 6.63. The molecule has 0 aliphatic rings. The van der Waals surface area contributed by atoms with Gasteiger partial charge in [0.1, 0.15) is 0 Å². The van der Waals surface area contributed by atoms with E-state index < -0.39 is 0 Å². The highest BCUT2D eigenvalue weighted by Gasteiger charge is 2.12. The van der Waals surface area contributed by atoms with Gasteiger partial charge in [-0.2, -0.15) is 0 Å². The normalized spacial score (nSPS) is 11.9. The van der Waals surface area contributed by atoms with Crippen LogP contribution in [-0.2, 0) is 0 Å². The third-order valence-electron chi connectivity index (χ3n) is 4.96. The maximum Gasteiger partial charge on any atom is 0.0500 e. The van der Waals surface area contributed by atoms with Gasteiger partial charge in [-0.3, -0.25) is 0 Å². The first-order valence-electron chi connectivity index (χ1n) is 9.03. The summed E-state index contributed by atoms with van der Waals surface area (Å²) >= 11 is 3.80. The highest BCUT2D eigenvalue weighted by atomic mass is 33.1. The maximum absolute atomic E-state index is 2.25. The fourth-order valence-electron chi connectivity index (χ4n) is 3.66. The van der Waals surface area contributed by atoms with Gasteiger partial charge in [0.25, 0.3) is 0 Å². The topological polar surface area (TPSA) is 0 Å². The zero-order valence-corrected chi connectivity index (χ0v) is 18.0. The molecule has 0 saturated heterocycles. The zero-order valence-electron chi connectivity index (χ0n) is 14.7. The minimum atomic E-state index is 1.35. The van der Waals surface area contributed by atoms with E-state index in [0.29, 0.717) is 0 Å². The molecule has 0 radical (unpaired) electrons. The summed E-state index contributed by atoms with van der Waals surface area (Å²) in [6, 6.07) is 30.8. The van der Waals surface area contributed by atoms with Crippen molar-refractivity contribution in [2.75, 3.05) is 0 Å². The predicted octanol–water partition coefficient (Wildman–Crippen LogP) is 9.22. The summed E-state index contributed by atoms with van der Waals surface area (Å²) < 4.78 is 5.51. The predicted molar refractivity (Wildman–Crippen MR) is 130 cm³/mol. The fraction of sp³-hybridized carbons (Fsp3) is 0. The van der Waals surface area contributed by atoms with Crippen molar-refractivity contribution < 1.29 is 0 Å². The van der Waals surface area contributed by atoms with E-state index in [0.717, 1.165) is 0 Å². The zero-order chi connectivity index (χ0) is 18.5. The van der Waals surface area contributed by atoms with Crippen LogP contribution in [0, 0.1) is 0 Å². The van der Waals surface area contributed by atoms with E-state index >= 15 is 0 Å². The van der Waals surface area contributed by atoms with Crippen LogP contribution in [0.25, 0.3) is 40.3 Å². The van der Waals surface area contributed by atoms with Gasteiger partial charge in [-0.25, -0.2) is 0 Å². The number of benzene rings is 4. The molecule has 0 nitrogen and oxygen atoms in total. The monoisotopic (exact) mass is 430 g/mol. The summed E-state index contributed by atoms with van der Waals surface area (Å²) in [5, 5.41) is 5.46. The first-order valence-corrected chi connectivity index (χ1v) is 12.8. The maximum atomic E-state index is 2.25. The van der Waals surface area contributed by atoms with Crippen LogP contribution in [0.2, 0.25) is 0 Å². The first-order chi connectivity index (χ1) is 13.9. The lowest BCUT2D eigenvalue weighted by Gasteiger charge is -2.04. The van der Waals surface area contributed by atoms with E-state index in [2.05, 4.69) is 84.9 Å². The molecule has 28 heavy (non-hydrogen) atoms. The first kappa shape index (κ1) is 16.9. The summed E-state index contributed by atoms with van der Waals surface area (Å²) in [5.41, 5.74) is 0. The summed E-state index contributed by atoms with van der Waals surface area (Å²) in [5.74, 6) is 0. The Hall–Kier alpha value is -1.98. The summed E-state index contributed by atoms with van der Waals surface area (Å²) in [4.78, 5) is 2.70. The second kappa shape index (κ2) is 6.82. The molecule has 2 heterocycles. The van der Waals surface area contributed by atoms with Crippen molar-refractivity contribution in [3.05, 3.63) is 84.9 Å². The van der Waals surface area contributed by atoms with E-state index in [1.807, 2.05) is 44.3 Å². The van der Waals surface area contributed by atoms with Crippen molar-refractivity contribution in [3.63, 3.8) is 0 Å². The van der Waals surface area contributed by atoms with Gasteiger partial charge < -0.3 is 0 Å². The van der Waals surface area contributed by atoms with Gasteiger partial charge in [-0.05, 0) is 24.3 Å². The Morgan fingerprint density at radius 1 is 0.429 bits per heavy atom. The van der Waals surface area contributed by atoms with Crippen molar-refractivity contribution in [1.82, 2.24) is 0 Å². The Bertz CT molecular complexity index is 1360. The van der Waals surface area contributed by atoms with Gasteiger partial charge in [0, 0.05) is 50.1 Å². The van der Waals surface area contributed by atoms with Crippen molar-refractivity contribution in [1.29, 1.82) is 0 Å². The Morgan fingerprint density at radius 3 is 1.36 bits per heavy atom. The molecular weight excluding hydrogens is 417 g/mol. The van der Waals surface area contributed by atoms with Gasteiger partial charge >= 0.3 is 0 Å². The molecular formula is C24H14S4. The largest absolute Gasteiger partial charge is 0.134 e. The molecule has 0 aliphatic heterocycles. The third-order valence-corrected chi connectivity index (χ3v) is 10.1. The smallest absolute Gasteiger partial charge is 0.0500 e. The van der Waals surface area contributed by atoms with Crippen LogP contribution in [0.5, 0.6) is 0 Å². The van der Waals surface area contributed by atoms with E-state index in [-0.39, 0.29) is 0 Å². The van der Waals surface area contributed by atoms with Crippen molar-refractivity contribution >= 4 is 84.6 Å². The molecule has 2 aromatic heterocycles. The molecule has 6 aromatic rings. The fourth-order valence-corrected chi connectivity index (χ4v) is 8.89. The standard InChI is InChI=1S/C24H14S4/c1-3-11-19-15(7-1)17-9-5-13-21(23(17)25-19)27-28-22-14-6-10-18-16-8-2-4-12-20(16)26-24(18)22/h1-14H. The van der Waals surface area contributed by atoms with Crippen LogP contribution in [-0.4, -0.2) is 0 Å². The molecule has 0 N–H and O–H groups in total. The number of thiophene rings is 2. The van der Waals surface area contributed by atoms with Gasteiger partial charge in [0.2, 0.25) is 0 Å². The molecule has 0 saturated carbocycles. The molecule has 0 fully saturated rings. The average Bonchev–Trinajstić information content (AvgIpc) is 3.31. The summed E-state index contributed by atoms with van der Waals surface area (Å²) in [6.45, 7) is 0. The molecule has 0 aliphatic carbocycles. The number of hydrogen-bond acceptors (Lipinski definition) is 4. The average molecular weight is 431 g/mol. The Kier molecular flexibility index (Phi) is 4.12. The van der Waals surface area contributed by atoms with Crippen molar-refractivity contribution in [3.8, 4) is 0 Å². The van der Waals surface area contributed by atoms with Crippen LogP contribution in [0.1, 0.15) is 0 Å². The molecule has 4 aromatic carbocycles. The Labute approximate surface area is 178 Å². The van der Waals surface area contributed by atoms with Crippen LogP contribution in [0.15, 0.2) is 94.7 Å². The van der Waals surface area contributed by atoms with Gasteiger partial charge in [-0.15, -0.1) is 22.7 Å². The lowest BCUT2D eigenvalue weighted by atomic mass is 10.1. The Morgan fingerprint density at radius 2 is 0.857 bits per heavy atom. The van der Waals surface area contributed by atoms with Gasteiger partial charge in [0.05, 0.1) is 0 Å². The molecule has 0 amide bonds. The lowest BCUT2D eigenvalue weighted by Crippen LogP contribution is -1.72. The highest BCUT2D eigenvalue weighted by molar-refractivity contribution is 8.76. The summed E-state index contributed by atoms with van der Waals surface area (Å²) in [6.07, 6.45) is 0. The van der Waals surface area contributed by atoms with E-state index in [1.165, 1.54) is 50.1 Å². The lowest BCUT2D eigenvalue weighted by molar-refractivity contribution is 1.60. The minimum absolute atomic E-state index is 1.35. The van der Waals surface area contributed by atoms with Gasteiger partial charge in [-0.1, -0.05) is 82.3 Å². The molecule has 0 bridgehead atoms. The van der Waals surface area contributed by atoms with E-state index in [1.54, 1.807) is 0 Å². The van der Waals surface area contributed by atoms with Crippen molar-refractivity contribution in [2.45, 2.75) is 9.79 Å². The second-order valence-corrected chi connectivity index (χ2v) is 10.9. The van der Waals surface area contributed by atoms with Crippen LogP contribution in [0.4, 0.5) is 0 Å². The van der Waals surface area contributed by atoms with Crippen molar-refractivity contribution in [2.24, 2.45) is 0 Å². The van der Waals surface area contributed by atoms with E-state index in [9.17, 15) is 0 Å². The van der Waals surface area contributed by atoms with Crippen LogP contribution < -0.4 is 0 Å². The Balaban J connectivity index is 1.43. The molecule has 134 valence electrons.